The molecule has 0 bridgehead atoms. The van der Waals surface area contributed by atoms with E-state index < -0.39 is 0 Å². The fraction of sp³-hybridized carbons (Fsp3) is 0.111. The molecule has 1 heterocycles. The molecule has 5 nitrogen and oxygen atoms in total. The maximum absolute atomic E-state index is 12.6. The molecule has 0 radical (unpaired) electrons. The van der Waals surface area contributed by atoms with Gasteiger partial charge in [0.25, 0.3) is 0 Å². The molecular formula is C18H13N3O2S. The minimum atomic E-state index is -0.288. The number of nitrogens with zero attached hydrogens (tertiary/aromatic N) is 2. The Morgan fingerprint density at radius 3 is 2.67 bits per heavy atom. The topological polar surface area (TPSA) is 71.4 Å². The average molecular weight is 335 g/mol. The first-order chi connectivity index (χ1) is 11.6. The number of hydrazone groups is 1. The van der Waals surface area contributed by atoms with Gasteiger partial charge in [0.1, 0.15) is 5.71 Å². The second kappa shape index (κ2) is 5.65. The molecule has 24 heavy (non-hydrogen) atoms. The standard InChI is InChI=1S/C18H13N3O2S/c1-10-19-12(9-24-10)8-15(22)20-21-17-13-6-2-4-11-5-3-7-14(16(11)13)18(17)23/h2-7,9H,8H2,1H3,(H,20,22)/b21-17-. The van der Waals surface area contributed by atoms with E-state index in [-0.39, 0.29) is 23.8 Å². The zero-order valence-corrected chi connectivity index (χ0v) is 13.7. The number of carbonyl (C=O) groups excluding carboxylic acids is 2. The van der Waals surface area contributed by atoms with Crippen LogP contribution in [0, 0.1) is 6.92 Å². The molecule has 6 heteroatoms. The lowest BCUT2D eigenvalue weighted by Crippen LogP contribution is -2.23. The van der Waals surface area contributed by atoms with Crippen LogP contribution in [0.3, 0.4) is 0 Å². The van der Waals surface area contributed by atoms with Crippen LogP contribution >= 0.6 is 11.3 Å². The number of amides is 1. The fourth-order valence-corrected chi connectivity index (χ4v) is 3.51. The van der Waals surface area contributed by atoms with Crippen molar-refractivity contribution in [2.45, 2.75) is 13.3 Å². The van der Waals surface area contributed by atoms with Crippen molar-refractivity contribution in [2.75, 3.05) is 0 Å². The van der Waals surface area contributed by atoms with Gasteiger partial charge < -0.3 is 0 Å². The highest BCUT2D eigenvalue weighted by Crippen LogP contribution is 2.30. The van der Waals surface area contributed by atoms with Gasteiger partial charge in [-0.1, -0.05) is 36.4 Å². The Morgan fingerprint density at radius 2 is 1.96 bits per heavy atom. The number of thiazole rings is 1. The van der Waals surface area contributed by atoms with Gasteiger partial charge in [0.05, 0.1) is 17.1 Å². The Morgan fingerprint density at radius 1 is 1.21 bits per heavy atom. The van der Waals surface area contributed by atoms with Crippen LogP contribution in [0.25, 0.3) is 10.8 Å². The Labute approximate surface area is 142 Å². The number of rotatable bonds is 3. The predicted octanol–water partition coefficient (Wildman–Crippen LogP) is 2.86. The molecule has 2 aromatic carbocycles. The lowest BCUT2D eigenvalue weighted by molar-refractivity contribution is -0.120. The van der Waals surface area contributed by atoms with E-state index in [1.807, 2.05) is 42.6 Å². The van der Waals surface area contributed by atoms with Crippen LogP contribution in [0.4, 0.5) is 0 Å². The molecule has 1 aliphatic carbocycles. The van der Waals surface area contributed by atoms with Crippen molar-refractivity contribution in [3.05, 3.63) is 63.6 Å². The van der Waals surface area contributed by atoms with E-state index in [2.05, 4.69) is 15.5 Å². The molecule has 3 aromatic rings. The lowest BCUT2D eigenvalue weighted by Gasteiger charge is -2.01. The molecule has 1 amide bonds. The van der Waals surface area contributed by atoms with Crippen LogP contribution in [0.5, 0.6) is 0 Å². The number of benzene rings is 2. The van der Waals surface area contributed by atoms with Gasteiger partial charge in [-0.05, 0) is 12.3 Å². The minimum Gasteiger partial charge on any atom is -0.287 e. The summed E-state index contributed by atoms with van der Waals surface area (Å²) in [6, 6.07) is 11.3. The minimum absolute atomic E-state index is 0.145. The Balaban J connectivity index is 1.61. The summed E-state index contributed by atoms with van der Waals surface area (Å²) in [5, 5.41) is 8.74. The molecule has 0 saturated heterocycles. The average Bonchev–Trinajstić information content (AvgIpc) is 3.10. The van der Waals surface area contributed by atoms with Gasteiger partial charge >= 0.3 is 0 Å². The molecule has 0 spiro atoms. The van der Waals surface area contributed by atoms with Crippen molar-refractivity contribution in [3.63, 3.8) is 0 Å². The summed E-state index contributed by atoms with van der Waals surface area (Å²) in [6.45, 7) is 1.89. The van der Waals surface area contributed by atoms with Crippen LogP contribution < -0.4 is 5.43 Å². The Hall–Kier alpha value is -2.86. The molecule has 1 N–H and O–H groups in total. The number of hydrogen-bond acceptors (Lipinski definition) is 5. The number of aryl methyl sites for hydroxylation is 1. The number of nitrogens with one attached hydrogen (secondary N) is 1. The number of carbonyl (C=O) groups is 2. The van der Waals surface area contributed by atoms with Crippen molar-refractivity contribution in [1.29, 1.82) is 0 Å². The number of aromatic nitrogens is 1. The SMILES string of the molecule is Cc1nc(CC(=O)N/N=C2\C(=O)c3cccc4cccc2c34)cs1. The molecule has 0 unspecified atom stereocenters. The molecule has 0 atom stereocenters. The summed E-state index contributed by atoms with van der Waals surface area (Å²) in [6.07, 6.45) is 0.145. The summed E-state index contributed by atoms with van der Waals surface area (Å²) in [7, 11) is 0. The van der Waals surface area contributed by atoms with Gasteiger partial charge in [0, 0.05) is 21.9 Å². The van der Waals surface area contributed by atoms with Crippen LogP contribution in [-0.2, 0) is 11.2 Å². The fourth-order valence-electron chi connectivity index (χ4n) is 2.90. The van der Waals surface area contributed by atoms with Gasteiger partial charge in [0.15, 0.2) is 0 Å². The summed E-state index contributed by atoms with van der Waals surface area (Å²) >= 11 is 1.50. The van der Waals surface area contributed by atoms with Crippen molar-refractivity contribution in [3.8, 4) is 0 Å². The van der Waals surface area contributed by atoms with Crippen molar-refractivity contribution >= 4 is 39.5 Å². The molecule has 1 aliphatic rings. The normalized spacial score (nSPS) is 14.5. The molecule has 0 fully saturated rings. The summed E-state index contributed by atoms with van der Waals surface area (Å²) in [5.41, 5.74) is 4.86. The Kier molecular flexibility index (Phi) is 3.46. The smallest absolute Gasteiger partial charge is 0.246 e. The third-order valence-corrected chi connectivity index (χ3v) is 4.74. The first-order valence-corrected chi connectivity index (χ1v) is 8.36. The first kappa shape index (κ1) is 14.7. The summed E-state index contributed by atoms with van der Waals surface area (Å²) in [5.74, 6) is -0.449. The van der Waals surface area contributed by atoms with E-state index >= 15 is 0 Å². The monoisotopic (exact) mass is 335 g/mol. The van der Waals surface area contributed by atoms with E-state index in [0.29, 0.717) is 11.3 Å². The highest BCUT2D eigenvalue weighted by atomic mass is 32.1. The lowest BCUT2D eigenvalue weighted by atomic mass is 10.1. The third kappa shape index (κ3) is 2.41. The second-order valence-electron chi connectivity index (χ2n) is 5.57. The second-order valence-corrected chi connectivity index (χ2v) is 6.63. The van der Waals surface area contributed by atoms with Crippen LogP contribution in [0.2, 0.25) is 0 Å². The zero-order chi connectivity index (χ0) is 16.7. The summed E-state index contributed by atoms with van der Waals surface area (Å²) < 4.78 is 0. The molecule has 4 rings (SSSR count). The maximum atomic E-state index is 12.6. The van der Waals surface area contributed by atoms with Crippen LogP contribution in [0.1, 0.15) is 26.6 Å². The van der Waals surface area contributed by atoms with Crippen molar-refractivity contribution in [1.82, 2.24) is 10.4 Å². The molecule has 1 aromatic heterocycles. The summed E-state index contributed by atoms with van der Waals surface area (Å²) in [4.78, 5) is 28.8. The number of ketones is 1. The van der Waals surface area contributed by atoms with E-state index in [1.54, 1.807) is 6.07 Å². The van der Waals surface area contributed by atoms with E-state index in [9.17, 15) is 9.59 Å². The van der Waals surface area contributed by atoms with E-state index in [0.717, 1.165) is 21.3 Å². The van der Waals surface area contributed by atoms with E-state index in [4.69, 9.17) is 0 Å². The predicted molar refractivity (Wildman–Crippen MR) is 93.5 cm³/mol. The van der Waals surface area contributed by atoms with Gasteiger partial charge in [-0.2, -0.15) is 5.10 Å². The highest BCUT2D eigenvalue weighted by Gasteiger charge is 2.28. The number of Topliss-reactive ketones (excluding diaryl/α,β-unsaturated/α-hetero) is 1. The van der Waals surface area contributed by atoms with Gasteiger partial charge in [-0.15, -0.1) is 11.3 Å². The zero-order valence-electron chi connectivity index (χ0n) is 12.9. The molecule has 118 valence electrons. The molecule has 0 saturated carbocycles. The molecular weight excluding hydrogens is 322 g/mol. The number of hydrogen-bond donors (Lipinski definition) is 1. The molecule has 0 aliphatic heterocycles. The third-order valence-electron chi connectivity index (χ3n) is 3.92. The quantitative estimate of drug-likeness (QED) is 0.748. The Bertz CT molecular complexity index is 1010. The largest absolute Gasteiger partial charge is 0.287 e. The van der Waals surface area contributed by atoms with Gasteiger partial charge in [-0.25, -0.2) is 10.4 Å². The maximum Gasteiger partial charge on any atom is 0.246 e. The van der Waals surface area contributed by atoms with E-state index in [1.165, 1.54) is 11.3 Å². The van der Waals surface area contributed by atoms with Crippen molar-refractivity contribution in [2.24, 2.45) is 5.10 Å². The highest BCUT2D eigenvalue weighted by molar-refractivity contribution is 7.09. The first-order valence-electron chi connectivity index (χ1n) is 7.48. The van der Waals surface area contributed by atoms with Crippen LogP contribution in [0.15, 0.2) is 46.9 Å². The van der Waals surface area contributed by atoms with Crippen molar-refractivity contribution < 1.29 is 9.59 Å². The van der Waals surface area contributed by atoms with Crippen LogP contribution in [-0.4, -0.2) is 22.4 Å². The van der Waals surface area contributed by atoms with Gasteiger partial charge in [-0.3, -0.25) is 9.59 Å². The van der Waals surface area contributed by atoms with Gasteiger partial charge in [0.2, 0.25) is 11.7 Å².